The summed E-state index contributed by atoms with van der Waals surface area (Å²) in [5.41, 5.74) is 1.96. The molecule has 6 heteroatoms. The fraction of sp³-hybridized carbons (Fsp3) is 0.381. The summed E-state index contributed by atoms with van der Waals surface area (Å²) in [5.74, 6) is 0.919. The largest absolute Gasteiger partial charge is 0.494 e. The lowest BCUT2D eigenvalue weighted by Gasteiger charge is -2.08. The van der Waals surface area contributed by atoms with Gasteiger partial charge >= 0.3 is 0 Å². The molecular formula is C21H25ClN2OS2. The van der Waals surface area contributed by atoms with Crippen LogP contribution in [0.15, 0.2) is 41.8 Å². The van der Waals surface area contributed by atoms with Gasteiger partial charge in [-0.25, -0.2) is 4.98 Å². The Morgan fingerprint density at radius 2 is 1.78 bits per heavy atom. The Kier molecular flexibility index (Phi) is 7.99. The van der Waals surface area contributed by atoms with Crippen LogP contribution in [0.4, 0.5) is 10.8 Å². The Balaban J connectivity index is 1.43. The number of rotatable bonds is 11. The highest BCUT2D eigenvalue weighted by Gasteiger charge is 2.07. The summed E-state index contributed by atoms with van der Waals surface area (Å²) in [5, 5.41) is 6.26. The van der Waals surface area contributed by atoms with Crippen LogP contribution >= 0.6 is 34.3 Å². The van der Waals surface area contributed by atoms with Crippen molar-refractivity contribution in [2.24, 2.45) is 0 Å². The highest BCUT2D eigenvalue weighted by molar-refractivity contribution is 7.20. The zero-order valence-corrected chi connectivity index (χ0v) is 17.9. The number of thiazole rings is 1. The Morgan fingerprint density at radius 1 is 1.00 bits per heavy atom. The van der Waals surface area contributed by atoms with Crippen molar-refractivity contribution in [1.29, 1.82) is 0 Å². The summed E-state index contributed by atoms with van der Waals surface area (Å²) in [4.78, 5) is 5.72. The number of hydrogen-bond donors (Lipinski definition) is 1. The van der Waals surface area contributed by atoms with Gasteiger partial charge in [0.05, 0.1) is 21.5 Å². The van der Waals surface area contributed by atoms with Gasteiger partial charge in [-0.1, -0.05) is 50.6 Å². The number of benzene rings is 1. The van der Waals surface area contributed by atoms with E-state index in [1.807, 2.05) is 41.8 Å². The third-order valence-corrected chi connectivity index (χ3v) is 6.21. The highest BCUT2D eigenvalue weighted by atomic mass is 35.5. The number of anilines is 2. The number of nitrogens with one attached hydrogen (secondary N) is 1. The molecule has 144 valence electrons. The van der Waals surface area contributed by atoms with E-state index in [4.69, 9.17) is 16.3 Å². The molecule has 0 atom stereocenters. The Labute approximate surface area is 174 Å². The smallest absolute Gasteiger partial charge is 0.187 e. The van der Waals surface area contributed by atoms with Crippen LogP contribution in [0.3, 0.4) is 0 Å². The van der Waals surface area contributed by atoms with Gasteiger partial charge in [-0.15, -0.1) is 22.7 Å². The molecule has 0 saturated carbocycles. The van der Waals surface area contributed by atoms with Crippen LogP contribution in [-0.2, 0) is 0 Å². The molecule has 3 aromatic rings. The molecule has 0 aliphatic rings. The van der Waals surface area contributed by atoms with E-state index in [0.29, 0.717) is 0 Å². The van der Waals surface area contributed by atoms with Crippen LogP contribution in [0.2, 0.25) is 4.34 Å². The minimum atomic E-state index is 0.782. The topological polar surface area (TPSA) is 34.1 Å². The van der Waals surface area contributed by atoms with Crippen molar-refractivity contribution in [3.63, 3.8) is 0 Å². The van der Waals surface area contributed by atoms with E-state index in [1.165, 1.54) is 32.1 Å². The fourth-order valence-electron chi connectivity index (χ4n) is 2.73. The van der Waals surface area contributed by atoms with Gasteiger partial charge in [0.2, 0.25) is 0 Å². The van der Waals surface area contributed by atoms with Gasteiger partial charge in [0.25, 0.3) is 0 Å². The van der Waals surface area contributed by atoms with Gasteiger partial charge in [-0.3, -0.25) is 0 Å². The van der Waals surface area contributed by atoms with E-state index in [9.17, 15) is 0 Å². The molecule has 0 radical (unpaired) electrons. The molecule has 3 nitrogen and oxygen atoms in total. The maximum absolute atomic E-state index is 6.00. The molecule has 0 fully saturated rings. The van der Waals surface area contributed by atoms with Gasteiger partial charge in [0, 0.05) is 11.1 Å². The Hall–Kier alpha value is -1.56. The Bertz CT molecular complexity index is 814. The van der Waals surface area contributed by atoms with E-state index in [0.717, 1.165) is 44.5 Å². The van der Waals surface area contributed by atoms with Crippen molar-refractivity contribution >= 4 is 45.1 Å². The number of ether oxygens (including phenoxy) is 1. The lowest BCUT2D eigenvalue weighted by atomic mass is 10.1. The van der Waals surface area contributed by atoms with Crippen molar-refractivity contribution in [2.75, 3.05) is 11.9 Å². The maximum Gasteiger partial charge on any atom is 0.187 e. The average molecular weight is 421 g/mol. The maximum atomic E-state index is 6.00. The molecule has 0 aliphatic carbocycles. The Morgan fingerprint density at radius 3 is 2.52 bits per heavy atom. The van der Waals surface area contributed by atoms with Crippen LogP contribution in [0, 0.1) is 0 Å². The molecule has 0 bridgehead atoms. The monoisotopic (exact) mass is 420 g/mol. The lowest BCUT2D eigenvalue weighted by molar-refractivity contribution is 0.304. The first kappa shape index (κ1) is 20.2. The van der Waals surface area contributed by atoms with Crippen molar-refractivity contribution in [2.45, 2.75) is 45.4 Å². The zero-order valence-electron chi connectivity index (χ0n) is 15.5. The molecule has 2 heterocycles. The predicted molar refractivity (Wildman–Crippen MR) is 119 cm³/mol. The molecule has 0 aliphatic heterocycles. The number of aromatic nitrogens is 1. The average Bonchev–Trinajstić information content (AvgIpc) is 3.31. The number of unbranched alkanes of at least 4 members (excludes halogenated alkanes) is 5. The molecule has 0 spiro atoms. The SMILES string of the molecule is CCCCCCCCOc1ccc(Nc2nc(-c3ccc(Cl)s3)cs2)cc1. The molecule has 0 amide bonds. The summed E-state index contributed by atoms with van der Waals surface area (Å²) >= 11 is 9.13. The summed E-state index contributed by atoms with van der Waals surface area (Å²) < 4.78 is 6.61. The van der Waals surface area contributed by atoms with Crippen LogP contribution in [0.25, 0.3) is 10.6 Å². The standard InChI is InChI=1S/C21H25ClN2OS2/c1-2-3-4-5-6-7-14-25-17-10-8-16(9-11-17)23-21-24-18(15-26-21)19-12-13-20(22)27-19/h8-13,15H,2-7,14H2,1H3,(H,23,24). The van der Waals surface area contributed by atoms with Crippen LogP contribution in [0.1, 0.15) is 45.4 Å². The minimum absolute atomic E-state index is 0.782. The lowest BCUT2D eigenvalue weighted by Crippen LogP contribution is -1.97. The third kappa shape index (κ3) is 6.52. The van der Waals surface area contributed by atoms with Crippen LogP contribution in [-0.4, -0.2) is 11.6 Å². The molecule has 0 saturated heterocycles. The molecule has 3 rings (SSSR count). The molecule has 2 aromatic heterocycles. The van der Waals surface area contributed by atoms with E-state index in [2.05, 4.69) is 17.2 Å². The van der Waals surface area contributed by atoms with E-state index in [1.54, 1.807) is 22.7 Å². The van der Waals surface area contributed by atoms with Crippen molar-refractivity contribution in [3.05, 3.63) is 46.1 Å². The quantitative estimate of drug-likeness (QED) is 0.319. The van der Waals surface area contributed by atoms with Crippen molar-refractivity contribution in [3.8, 4) is 16.3 Å². The third-order valence-electron chi connectivity index (χ3n) is 4.20. The van der Waals surface area contributed by atoms with Gasteiger partial charge < -0.3 is 10.1 Å². The summed E-state index contributed by atoms with van der Waals surface area (Å²) in [6.07, 6.45) is 7.67. The van der Waals surface area contributed by atoms with Gasteiger partial charge in [0.1, 0.15) is 5.75 Å². The number of hydrogen-bond acceptors (Lipinski definition) is 5. The van der Waals surface area contributed by atoms with E-state index >= 15 is 0 Å². The first-order chi connectivity index (χ1) is 13.2. The second-order valence-corrected chi connectivity index (χ2v) is 8.98. The minimum Gasteiger partial charge on any atom is -0.494 e. The summed E-state index contributed by atoms with van der Waals surface area (Å²) in [7, 11) is 0. The fourth-order valence-corrected chi connectivity index (χ4v) is 4.54. The van der Waals surface area contributed by atoms with E-state index < -0.39 is 0 Å². The summed E-state index contributed by atoms with van der Waals surface area (Å²) in [6.45, 7) is 3.03. The van der Waals surface area contributed by atoms with Crippen molar-refractivity contribution in [1.82, 2.24) is 4.98 Å². The van der Waals surface area contributed by atoms with Crippen LogP contribution in [0.5, 0.6) is 5.75 Å². The first-order valence-corrected chi connectivity index (χ1v) is 11.5. The zero-order chi connectivity index (χ0) is 18.9. The van der Waals surface area contributed by atoms with Crippen LogP contribution < -0.4 is 10.1 Å². The summed E-state index contributed by atoms with van der Waals surface area (Å²) in [6, 6.07) is 12.0. The number of nitrogens with zero attached hydrogens (tertiary/aromatic N) is 1. The van der Waals surface area contributed by atoms with Gasteiger partial charge in [0.15, 0.2) is 5.13 Å². The first-order valence-electron chi connectivity index (χ1n) is 9.45. The molecular weight excluding hydrogens is 396 g/mol. The second kappa shape index (κ2) is 10.7. The molecule has 1 aromatic carbocycles. The van der Waals surface area contributed by atoms with Gasteiger partial charge in [-0.05, 0) is 42.8 Å². The van der Waals surface area contributed by atoms with E-state index in [-0.39, 0.29) is 0 Å². The molecule has 27 heavy (non-hydrogen) atoms. The molecule has 0 unspecified atom stereocenters. The van der Waals surface area contributed by atoms with Crippen molar-refractivity contribution < 1.29 is 4.74 Å². The second-order valence-electron chi connectivity index (χ2n) is 6.41. The molecule has 1 N–H and O–H groups in total. The number of halogens is 1. The number of thiophene rings is 1. The normalized spacial score (nSPS) is 10.9. The highest BCUT2D eigenvalue weighted by Crippen LogP contribution is 2.33. The predicted octanol–water partition coefficient (Wildman–Crippen LogP) is 8.01. The van der Waals surface area contributed by atoms with Gasteiger partial charge in [-0.2, -0.15) is 0 Å².